The van der Waals surface area contributed by atoms with Gasteiger partial charge in [-0.3, -0.25) is 0 Å². The Kier molecular flexibility index (Phi) is 6.88. The van der Waals surface area contributed by atoms with Gasteiger partial charge in [-0.1, -0.05) is 33.8 Å². The molecule has 1 aromatic rings. The van der Waals surface area contributed by atoms with E-state index < -0.39 is 17.5 Å². The van der Waals surface area contributed by atoms with E-state index in [4.69, 9.17) is 0 Å². The van der Waals surface area contributed by atoms with Crippen molar-refractivity contribution < 1.29 is 13.2 Å². The number of benzene rings is 1. The molecular weight excluding hydrogens is 249 g/mol. The van der Waals surface area contributed by atoms with E-state index in [1.807, 2.05) is 27.7 Å². The number of hydrogen-bond acceptors (Lipinski definition) is 0. The van der Waals surface area contributed by atoms with Crippen LogP contribution in [0.3, 0.4) is 0 Å². The zero-order valence-corrected chi connectivity index (χ0v) is 12.8. The Balaban J connectivity index is 0.00000154. The molecule has 19 heavy (non-hydrogen) atoms. The highest BCUT2D eigenvalue weighted by atomic mass is 19.2. The molecule has 0 amide bonds. The third kappa shape index (κ3) is 3.85. The van der Waals surface area contributed by atoms with Crippen molar-refractivity contribution in [3.05, 3.63) is 40.0 Å². The van der Waals surface area contributed by atoms with Gasteiger partial charge in [-0.05, 0) is 43.4 Å². The highest BCUT2D eigenvalue weighted by molar-refractivity contribution is 5.66. The third-order valence-electron chi connectivity index (χ3n) is 3.02. The Morgan fingerprint density at radius 2 is 1.47 bits per heavy atom. The van der Waals surface area contributed by atoms with E-state index in [0.717, 1.165) is 0 Å². The largest absolute Gasteiger partial charge is 0.206 e. The monoisotopic (exact) mass is 272 g/mol. The summed E-state index contributed by atoms with van der Waals surface area (Å²) in [7, 11) is 0. The van der Waals surface area contributed by atoms with E-state index in [1.54, 1.807) is 13.8 Å². The highest BCUT2D eigenvalue weighted by Gasteiger charge is 2.20. The molecule has 0 heterocycles. The molecule has 0 aliphatic rings. The summed E-state index contributed by atoms with van der Waals surface area (Å²) in [4.78, 5) is 0. The fourth-order valence-electron chi connectivity index (χ4n) is 1.64. The summed E-state index contributed by atoms with van der Waals surface area (Å²) in [6.07, 6.45) is 0. The SMILES string of the molecule is C/C(=C(/F)c1c(C)cc(C)c(F)c1F)C(C)C.CC. The fraction of sp³-hybridized carbons (Fsp3) is 0.500. The average molecular weight is 272 g/mol. The molecule has 0 saturated carbocycles. The van der Waals surface area contributed by atoms with Crippen LogP contribution in [-0.4, -0.2) is 0 Å². The van der Waals surface area contributed by atoms with Gasteiger partial charge >= 0.3 is 0 Å². The van der Waals surface area contributed by atoms with Crippen LogP contribution in [-0.2, 0) is 0 Å². The van der Waals surface area contributed by atoms with Gasteiger partial charge in [0.1, 0.15) is 5.83 Å². The Morgan fingerprint density at radius 1 is 1.00 bits per heavy atom. The Labute approximate surface area is 114 Å². The van der Waals surface area contributed by atoms with E-state index in [1.165, 1.54) is 13.0 Å². The Hall–Kier alpha value is -1.25. The van der Waals surface area contributed by atoms with Gasteiger partial charge in [-0.2, -0.15) is 0 Å². The van der Waals surface area contributed by atoms with Crippen LogP contribution < -0.4 is 0 Å². The maximum absolute atomic E-state index is 14.1. The normalized spacial score (nSPS) is 11.9. The fourth-order valence-corrected chi connectivity index (χ4v) is 1.64. The van der Waals surface area contributed by atoms with Crippen LogP contribution in [0, 0.1) is 31.4 Å². The summed E-state index contributed by atoms with van der Waals surface area (Å²) in [5.74, 6) is -2.77. The first-order chi connectivity index (χ1) is 8.77. The second-order valence-electron chi connectivity index (χ2n) is 4.67. The molecule has 0 spiro atoms. The van der Waals surface area contributed by atoms with Crippen molar-refractivity contribution in [1.29, 1.82) is 0 Å². The van der Waals surface area contributed by atoms with Crippen LogP contribution in [0.5, 0.6) is 0 Å². The lowest BCUT2D eigenvalue weighted by molar-refractivity contribution is 0.496. The van der Waals surface area contributed by atoms with E-state index >= 15 is 0 Å². The molecule has 0 radical (unpaired) electrons. The maximum Gasteiger partial charge on any atom is 0.169 e. The summed E-state index contributed by atoms with van der Waals surface area (Å²) in [5, 5.41) is 0. The van der Waals surface area contributed by atoms with Gasteiger partial charge in [0, 0.05) is 0 Å². The van der Waals surface area contributed by atoms with Crippen LogP contribution in [0.25, 0.3) is 5.83 Å². The molecule has 0 nitrogen and oxygen atoms in total. The number of rotatable bonds is 2. The van der Waals surface area contributed by atoms with Crippen molar-refractivity contribution in [3.8, 4) is 0 Å². The van der Waals surface area contributed by atoms with Gasteiger partial charge in [-0.25, -0.2) is 13.2 Å². The second kappa shape index (κ2) is 7.37. The molecule has 0 saturated heterocycles. The molecule has 108 valence electrons. The van der Waals surface area contributed by atoms with Gasteiger partial charge < -0.3 is 0 Å². The quantitative estimate of drug-likeness (QED) is 0.622. The summed E-state index contributed by atoms with van der Waals surface area (Å²) in [6.45, 7) is 12.3. The van der Waals surface area contributed by atoms with E-state index in [2.05, 4.69) is 0 Å². The number of allylic oxidation sites excluding steroid dienone is 1. The molecule has 1 rings (SSSR count). The standard InChI is InChI=1S/C14H17F3.C2H6/c1-7(2)10(5)13(16)11-8(3)6-9(4)12(15)14(11)17;1-2/h6-7H,1-5H3;1-2H3/b13-10-;. The lowest BCUT2D eigenvalue weighted by Crippen LogP contribution is -2.01. The highest BCUT2D eigenvalue weighted by Crippen LogP contribution is 2.31. The van der Waals surface area contributed by atoms with Gasteiger partial charge in [-0.15, -0.1) is 0 Å². The topological polar surface area (TPSA) is 0 Å². The zero-order valence-electron chi connectivity index (χ0n) is 12.8. The lowest BCUT2D eigenvalue weighted by Gasteiger charge is -2.13. The summed E-state index contributed by atoms with van der Waals surface area (Å²) >= 11 is 0. The van der Waals surface area contributed by atoms with Crippen LogP contribution >= 0.6 is 0 Å². The molecule has 0 bridgehead atoms. The van der Waals surface area contributed by atoms with Crippen molar-refractivity contribution in [2.45, 2.75) is 48.5 Å². The maximum atomic E-state index is 14.1. The van der Waals surface area contributed by atoms with E-state index in [-0.39, 0.29) is 17.0 Å². The van der Waals surface area contributed by atoms with Crippen molar-refractivity contribution in [2.75, 3.05) is 0 Å². The second-order valence-corrected chi connectivity index (χ2v) is 4.67. The molecule has 0 aliphatic heterocycles. The van der Waals surface area contributed by atoms with Gasteiger partial charge in [0.2, 0.25) is 0 Å². The van der Waals surface area contributed by atoms with E-state index in [9.17, 15) is 13.2 Å². The summed E-state index contributed by atoms with van der Waals surface area (Å²) in [5.41, 5.74) is 0.784. The van der Waals surface area contributed by atoms with E-state index in [0.29, 0.717) is 11.1 Å². The third-order valence-corrected chi connectivity index (χ3v) is 3.02. The molecule has 1 aromatic carbocycles. The molecule has 3 heteroatoms. The number of halogens is 3. The minimum atomic E-state index is -1.10. The molecule has 0 aliphatic carbocycles. The van der Waals surface area contributed by atoms with Gasteiger partial charge in [0.25, 0.3) is 0 Å². The van der Waals surface area contributed by atoms with Gasteiger partial charge in [0.15, 0.2) is 11.6 Å². The van der Waals surface area contributed by atoms with Crippen LogP contribution in [0.2, 0.25) is 0 Å². The summed E-state index contributed by atoms with van der Waals surface area (Å²) in [6, 6.07) is 1.46. The number of hydrogen-bond donors (Lipinski definition) is 0. The average Bonchev–Trinajstić information content (AvgIpc) is 2.37. The van der Waals surface area contributed by atoms with Crippen molar-refractivity contribution in [1.82, 2.24) is 0 Å². The van der Waals surface area contributed by atoms with Crippen LogP contribution in [0.4, 0.5) is 13.2 Å². The first kappa shape index (κ1) is 17.8. The van der Waals surface area contributed by atoms with Crippen molar-refractivity contribution in [2.24, 2.45) is 5.92 Å². The smallest absolute Gasteiger partial charge is 0.169 e. The van der Waals surface area contributed by atoms with Crippen LogP contribution in [0.15, 0.2) is 11.6 Å². The van der Waals surface area contributed by atoms with Crippen molar-refractivity contribution in [3.63, 3.8) is 0 Å². The molecule has 0 aromatic heterocycles. The molecule has 0 atom stereocenters. The Bertz CT molecular complexity index is 471. The first-order valence-corrected chi connectivity index (χ1v) is 6.59. The predicted molar refractivity (Wildman–Crippen MR) is 75.7 cm³/mol. The lowest BCUT2D eigenvalue weighted by atomic mass is 9.96. The first-order valence-electron chi connectivity index (χ1n) is 6.59. The minimum Gasteiger partial charge on any atom is -0.206 e. The molecule has 0 N–H and O–H groups in total. The summed E-state index contributed by atoms with van der Waals surface area (Å²) < 4.78 is 41.3. The minimum absolute atomic E-state index is 0.0434. The Morgan fingerprint density at radius 3 is 1.89 bits per heavy atom. The number of aryl methyl sites for hydroxylation is 2. The molecular formula is C16H23F3. The van der Waals surface area contributed by atoms with Crippen molar-refractivity contribution >= 4 is 5.83 Å². The predicted octanol–water partition coefficient (Wildman–Crippen LogP) is 5.96. The molecule has 0 fully saturated rings. The van der Waals surface area contributed by atoms with Gasteiger partial charge in [0.05, 0.1) is 5.56 Å². The zero-order chi connectivity index (χ0) is 15.3. The molecule has 0 unspecified atom stereocenters. The van der Waals surface area contributed by atoms with Crippen LogP contribution in [0.1, 0.15) is 51.3 Å².